The molecule has 1 amide bonds. The van der Waals surface area contributed by atoms with Crippen LogP contribution in [0, 0.1) is 0 Å². The van der Waals surface area contributed by atoms with Gasteiger partial charge in [-0.2, -0.15) is 0 Å². The first-order valence-electron chi connectivity index (χ1n) is 7.37. The number of phenolic OH excluding ortho intramolecular Hbond substituents is 1. The van der Waals surface area contributed by atoms with Gasteiger partial charge in [-0.25, -0.2) is 0 Å². The van der Waals surface area contributed by atoms with E-state index in [1.54, 1.807) is 12.1 Å². The molecule has 0 atom stereocenters. The first kappa shape index (κ1) is 13.7. The molecule has 108 valence electrons. The van der Waals surface area contributed by atoms with Crippen LogP contribution < -0.4 is 0 Å². The van der Waals surface area contributed by atoms with Gasteiger partial charge >= 0.3 is 0 Å². The van der Waals surface area contributed by atoms with E-state index in [4.69, 9.17) is 0 Å². The molecule has 0 spiro atoms. The summed E-state index contributed by atoms with van der Waals surface area (Å²) in [5.74, 6) is 0.346. The van der Waals surface area contributed by atoms with E-state index in [2.05, 4.69) is 6.92 Å². The number of benzene rings is 2. The second kappa shape index (κ2) is 5.60. The fourth-order valence-corrected chi connectivity index (χ4v) is 2.92. The first-order chi connectivity index (χ1) is 10.2. The summed E-state index contributed by atoms with van der Waals surface area (Å²) in [5.41, 5.74) is 4.15. The van der Waals surface area contributed by atoms with E-state index in [-0.39, 0.29) is 11.7 Å². The molecule has 1 heterocycles. The number of carbonyl (C=O) groups excluding carboxylic acids is 1. The number of carbonyl (C=O) groups is 1. The Labute approximate surface area is 124 Å². The molecule has 3 rings (SSSR count). The second-order valence-electron chi connectivity index (χ2n) is 5.44. The summed E-state index contributed by atoms with van der Waals surface area (Å²) in [5, 5.41) is 9.61. The lowest BCUT2D eigenvalue weighted by molar-refractivity contribution is 0.0733. The lowest BCUT2D eigenvalue weighted by Gasteiger charge is -2.29. The summed E-state index contributed by atoms with van der Waals surface area (Å²) >= 11 is 0. The van der Waals surface area contributed by atoms with Crippen LogP contribution in [0.15, 0.2) is 42.5 Å². The van der Waals surface area contributed by atoms with Crippen LogP contribution in [0.5, 0.6) is 5.75 Å². The van der Waals surface area contributed by atoms with Gasteiger partial charge in [0.05, 0.1) is 0 Å². The van der Waals surface area contributed by atoms with E-state index >= 15 is 0 Å². The molecular formula is C18H19NO2. The Balaban J connectivity index is 1.87. The Morgan fingerprint density at radius 3 is 2.81 bits per heavy atom. The molecule has 0 fully saturated rings. The van der Waals surface area contributed by atoms with E-state index < -0.39 is 0 Å². The molecule has 0 radical (unpaired) electrons. The highest BCUT2D eigenvalue weighted by molar-refractivity contribution is 5.95. The Morgan fingerprint density at radius 2 is 2.00 bits per heavy atom. The lowest BCUT2D eigenvalue weighted by atomic mass is 9.97. The predicted molar refractivity (Wildman–Crippen MR) is 82.4 cm³/mol. The molecule has 3 nitrogen and oxygen atoms in total. The van der Waals surface area contributed by atoms with Gasteiger partial charge in [-0.3, -0.25) is 4.79 Å². The molecule has 1 N–H and O–H groups in total. The molecule has 1 aliphatic heterocycles. The van der Waals surface area contributed by atoms with Crippen molar-refractivity contribution in [2.45, 2.75) is 26.3 Å². The molecule has 1 aliphatic rings. The van der Waals surface area contributed by atoms with Crippen molar-refractivity contribution < 1.29 is 9.90 Å². The highest BCUT2D eigenvalue weighted by Gasteiger charge is 2.23. The average Bonchev–Trinajstić information content (AvgIpc) is 2.53. The van der Waals surface area contributed by atoms with Crippen LogP contribution in [-0.2, 0) is 19.4 Å². The second-order valence-corrected chi connectivity index (χ2v) is 5.44. The van der Waals surface area contributed by atoms with Gasteiger partial charge < -0.3 is 10.0 Å². The molecule has 3 heteroatoms. The molecule has 0 saturated carbocycles. The van der Waals surface area contributed by atoms with Crippen LogP contribution in [0.2, 0.25) is 0 Å². The number of fused-ring (bicyclic) bond motifs is 1. The summed E-state index contributed by atoms with van der Waals surface area (Å²) in [6.45, 7) is 3.37. The van der Waals surface area contributed by atoms with Gasteiger partial charge in [0.15, 0.2) is 0 Å². The van der Waals surface area contributed by atoms with Crippen LogP contribution in [0.4, 0.5) is 0 Å². The predicted octanol–water partition coefficient (Wildman–Crippen LogP) is 3.15. The smallest absolute Gasteiger partial charge is 0.254 e. The Hall–Kier alpha value is -2.29. The van der Waals surface area contributed by atoms with Crippen LogP contribution in [-0.4, -0.2) is 22.5 Å². The molecule has 0 aliphatic carbocycles. The van der Waals surface area contributed by atoms with Crippen molar-refractivity contribution in [1.29, 1.82) is 0 Å². The molecular weight excluding hydrogens is 262 g/mol. The fraction of sp³-hybridized carbons (Fsp3) is 0.278. The van der Waals surface area contributed by atoms with Crippen molar-refractivity contribution in [2.24, 2.45) is 0 Å². The van der Waals surface area contributed by atoms with Crippen LogP contribution in [0.1, 0.15) is 34.0 Å². The van der Waals surface area contributed by atoms with E-state index in [9.17, 15) is 9.90 Å². The van der Waals surface area contributed by atoms with Crippen molar-refractivity contribution >= 4 is 5.91 Å². The zero-order valence-corrected chi connectivity index (χ0v) is 12.2. The summed E-state index contributed by atoms with van der Waals surface area (Å²) in [4.78, 5) is 14.6. The number of phenols is 1. The average molecular weight is 281 g/mol. The third kappa shape index (κ3) is 2.64. The fourth-order valence-electron chi connectivity index (χ4n) is 2.92. The normalized spacial score (nSPS) is 13.9. The van der Waals surface area contributed by atoms with Crippen molar-refractivity contribution in [3.8, 4) is 5.75 Å². The van der Waals surface area contributed by atoms with Gasteiger partial charge in [-0.05, 0) is 47.7 Å². The van der Waals surface area contributed by atoms with Gasteiger partial charge in [0.2, 0.25) is 0 Å². The molecule has 21 heavy (non-hydrogen) atoms. The zero-order chi connectivity index (χ0) is 14.8. The third-order valence-electron chi connectivity index (χ3n) is 4.12. The maximum absolute atomic E-state index is 12.7. The Kier molecular flexibility index (Phi) is 3.65. The minimum absolute atomic E-state index is 0.0847. The molecule has 0 bridgehead atoms. The van der Waals surface area contributed by atoms with Crippen LogP contribution in [0.25, 0.3) is 0 Å². The minimum atomic E-state index is 0.0847. The number of amides is 1. The molecule has 0 aromatic heterocycles. The standard InChI is InChI=1S/C18H19NO2/c1-2-13-5-3-4-6-17(13)18(21)19-10-9-14-7-8-16(20)11-15(14)12-19/h3-8,11,20H,2,9-10,12H2,1H3. The largest absolute Gasteiger partial charge is 0.508 e. The number of nitrogens with zero attached hydrogens (tertiary/aromatic N) is 1. The van der Waals surface area contributed by atoms with E-state index in [0.29, 0.717) is 6.54 Å². The zero-order valence-electron chi connectivity index (χ0n) is 12.2. The number of aromatic hydroxyl groups is 1. The summed E-state index contributed by atoms with van der Waals surface area (Å²) < 4.78 is 0. The molecule has 2 aromatic carbocycles. The number of rotatable bonds is 2. The maximum Gasteiger partial charge on any atom is 0.254 e. The monoisotopic (exact) mass is 281 g/mol. The van der Waals surface area contributed by atoms with Crippen molar-refractivity contribution in [1.82, 2.24) is 4.90 Å². The summed E-state index contributed by atoms with van der Waals surface area (Å²) in [6, 6.07) is 13.2. The van der Waals surface area contributed by atoms with Gasteiger partial charge in [0.1, 0.15) is 5.75 Å². The topological polar surface area (TPSA) is 40.5 Å². The summed E-state index contributed by atoms with van der Waals surface area (Å²) in [6.07, 6.45) is 1.70. The first-order valence-corrected chi connectivity index (χ1v) is 7.37. The summed E-state index contributed by atoms with van der Waals surface area (Å²) in [7, 11) is 0. The lowest BCUT2D eigenvalue weighted by Crippen LogP contribution is -2.36. The SMILES string of the molecule is CCc1ccccc1C(=O)N1CCc2ccc(O)cc2C1. The Bertz CT molecular complexity index is 679. The van der Waals surface area contributed by atoms with Crippen LogP contribution >= 0.6 is 0 Å². The van der Waals surface area contributed by atoms with E-state index in [1.165, 1.54) is 5.56 Å². The van der Waals surface area contributed by atoms with E-state index in [1.807, 2.05) is 35.2 Å². The van der Waals surface area contributed by atoms with E-state index in [0.717, 1.165) is 36.1 Å². The quantitative estimate of drug-likeness (QED) is 0.918. The van der Waals surface area contributed by atoms with Crippen molar-refractivity contribution in [3.63, 3.8) is 0 Å². The number of aryl methyl sites for hydroxylation is 1. The highest BCUT2D eigenvalue weighted by atomic mass is 16.3. The van der Waals surface area contributed by atoms with Crippen molar-refractivity contribution in [2.75, 3.05) is 6.54 Å². The third-order valence-corrected chi connectivity index (χ3v) is 4.12. The number of hydrogen-bond donors (Lipinski definition) is 1. The maximum atomic E-state index is 12.7. The minimum Gasteiger partial charge on any atom is -0.508 e. The Morgan fingerprint density at radius 1 is 1.19 bits per heavy atom. The van der Waals surface area contributed by atoms with Crippen LogP contribution in [0.3, 0.4) is 0 Å². The molecule has 2 aromatic rings. The highest BCUT2D eigenvalue weighted by Crippen LogP contribution is 2.24. The van der Waals surface area contributed by atoms with Crippen molar-refractivity contribution in [3.05, 3.63) is 64.7 Å². The van der Waals surface area contributed by atoms with Gasteiger partial charge in [0, 0.05) is 18.7 Å². The van der Waals surface area contributed by atoms with Gasteiger partial charge in [0.25, 0.3) is 5.91 Å². The number of hydrogen-bond acceptors (Lipinski definition) is 2. The molecule has 0 saturated heterocycles. The molecule has 0 unspecified atom stereocenters. The van der Waals surface area contributed by atoms with Gasteiger partial charge in [-0.1, -0.05) is 31.2 Å². The van der Waals surface area contributed by atoms with Gasteiger partial charge in [-0.15, -0.1) is 0 Å².